The molecule has 0 saturated heterocycles. The molecule has 0 amide bonds. The summed E-state index contributed by atoms with van der Waals surface area (Å²) < 4.78 is 1.16. The predicted octanol–water partition coefficient (Wildman–Crippen LogP) is 3.41. The first-order valence-corrected chi connectivity index (χ1v) is 5.93. The Morgan fingerprint density at radius 1 is 1.64 bits per heavy atom. The lowest BCUT2D eigenvalue weighted by molar-refractivity contribution is 0.903. The van der Waals surface area contributed by atoms with Gasteiger partial charge in [0.2, 0.25) is 0 Å². The first-order valence-electron chi connectivity index (χ1n) is 4.25. The number of aromatic amines is 1. The van der Waals surface area contributed by atoms with E-state index in [4.69, 9.17) is 0 Å². The van der Waals surface area contributed by atoms with Crippen LogP contribution in [-0.4, -0.2) is 10.2 Å². The van der Waals surface area contributed by atoms with Gasteiger partial charge in [0.25, 0.3) is 0 Å². The maximum Gasteiger partial charge on any atom is 0.0728 e. The van der Waals surface area contributed by atoms with Gasteiger partial charge in [0, 0.05) is 15.5 Å². The van der Waals surface area contributed by atoms with Gasteiger partial charge in [-0.25, -0.2) is 0 Å². The zero-order valence-electron chi connectivity index (χ0n) is 7.62. The van der Waals surface area contributed by atoms with E-state index in [0.717, 1.165) is 10.2 Å². The summed E-state index contributed by atoms with van der Waals surface area (Å²) in [7, 11) is 0. The number of nitrogens with zero attached hydrogens (tertiary/aromatic N) is 1. The fourth-order valence-electron chi connectivity index (χ4n) is 1.26. The van der Waals surface area contributed by atoms with Gasteiger partial charge in [-0.1, -0.05) is 0 Å². The van der Waals surface area contributed by atoms with Gasteiger partial charge >= 0.3 is 0 Å². The van der Waals surface area contributed by atoms with Crippen LogP contribution in [0.15, 0.2) is 28.3 Å². The van der Waals surface area contributed by atoms with Gasteiger partial charge in [-0.15, -0.1) is 11.3 Å². The Hall–Kier alpha value is -0.810. The molecule has 0 radical (unpaired) electrons. The van der Waals surface area contributed by atoms with Crippen molar-refractivity contribution in [2.75, 3.05) is 5.32 Å². The Bertz CT molecular complexity index is 396. The van der Waals surface area contributed by atoms with Gasteiger partial charge < -0.3 is 5.32 Å². The number of hydrogen-bond acceptors (Lipinski definition) is 3. The van der Waals surface area contributed by atoms with Crippen molar-refractivity contribution < 1.29 is 0 Å². The minimum atomic E-state index is 0.293. The third-order valence-electron chi connectivity index (χ3n) is 1.92. The van der Waals surface area contributed by atoms with E-state index in [-0.39, 0.29) is 0 Å². The molecule has 2 N–H and O–H groups in total. The normalized spacial score (nSPS) is 12.7. The quantitative estimate of drug-likeness (QED) is 0.899. The van der Waals surface area contributed by atoms with Crippen LogP contribution < -0.4 is 5.32 Å². The molecule has 0 fully saturated rings. The summed E-state index contributed by atoms with van der Waals surface area (Å²) in [5, 5.41) is 12.1. The molecule has 5 heteroatoms. The molecule has 0 aromatic carbocycles. The Kier molecular flexibility index (Phi) is 2.88. The van der Waals surface area contributed by atoms with Crippen molar-refractivity contribution in [1.29, 1.82) is 0 Å². The van der Waals surface area contributed by atoms with Crippen LogP contribution in [0.25, 0.3) is 0 Å². The average Bonchev–Trinajstić information content (AvgIpc) is 2.75. The third kappa shape index (κ3) is 1.99. The minimum Gasteiger partial charge on any atom is -0.375 e. The average molecular weight is 272 g/mol. The summed E-state index contributed by atoms with van der Waals surface area (Å²) in [4.78, 5) is 1.30. The monoisotopic (exact) mass is 271 g/mol. The fraction of sp³-hybridized carbons (Fsp3) is 0.222. The van der Waals surface area contributed by atoms with E-state index in [1.54, 1.807) is 17.5 Å². The molecule has 3 nitrogen and oxygen atoms in total. The van der Waals surface area contributed by atoms with Crippen molar-refractivity contribution >= 4 is 33.0 Å². The van der Waals surface area contributed by atoms with Crippen molar-refractivity contribution in [3.8, 4) is 0 Å². The zero-order chi connectivity index (χ0) is 9.97. The summed E-state index contributed by atoms with van der Waals surface area (Å²) in [6.07, 6.45) is 3.62. The molecule has 0 saturated carbocycles. The number of rotatable bonds is 3. The SMILES string of the molecule is CC(Nc1cn[nH]c1)c1sccc1Br. The standard InChI is InChI=1S/C9H10BrN3S/c1-6(9-8(10)2-3-14-9)13-7-4-11-12-5-7/h2-6,13H,1H3,(H,11,12). The molecule has 1 unspecified atom stereocenters. The van der Waals surface area contributed by atoms with Crippen LogP contribution in [-0.2, 0) is 0 Å². The van der Waals surface area contributed by atoms with Crippen LogP contribution >= 0.6 is 27.3 Å². The largest absolute Gasteiger partial charge is 0.375 e. The highest BCUT2D eigenvalue weighted by atomic mass is 79.9. The molecule has 14 heavy (non-hydrogen) atoms. The number of aromatic nitrogens is 2. The van der Waals surface area contributed by atoms with Crippen LogP contribution in [0.4, 0.5) is 5.69 Å². The number of thiophene rings is 1. The van der Waals surface area contributed by atoms with Gasteiger partial charge in [0.05, 0.1) is 17.9 Å². The van der Waals surface area contributed by atoms with Crippen LogP contribution in [0.5, 0.6) is 0 Å². The van der Waals surface area contributed by atoms with E-state index in [1.165, 1.54) is 4.88 Å². The second-order valence-corrected chi connectivity index (χ2v) is 4.79. The molecular weight excluding hydrogens is 262 g/mol. The highest BCUT2D eigenvalue weighted by Gasteiger charge is 2.10. The van der Waals surface area contributed by atoms with E-state index >= 15 is 0 Å². The summed E-state index contributed by atoms with van der Waals surface area (Å²) in [5.41, 5.74) is 1.01. The van der Waals surface area contributed by atoms with E-state index in [9.17, 15) is 0 Å². The molecule has 2 heterocycles. The minimum absolute atomic E-state index is 0.293. The number of hydrogen-bond donors (Lipinski definition) is 2. The van der Waals surface area contributed by atoms with Crippen molar-refractivity contribution in [3.63, 3.8) is 0 Å². The van der Waals surface area contributed by atoms with E-state index in [1.807, 2.05) is 6.20 Å². The van der Waals surface area contributed by atoms with Gasteiger partial charge in [-0.3, -0.25) is 5.10 Å². The van der Waals surface area contributed by atoms with Crippen molar-refractivity contribution in [1.82, 2.24) is 10.2 Å². The maximum absolute atomic E-state index is 3.88. The highest BCUT2D eigenvalue weighted by Crippen LogP contribution is 2.30. The van der Waals surface area contributed by atoms with Crippen molar-refractivity contribution in [2.45, 2.75) is 13.0 Å². The number of H-pyrrole nitrogens is 1. The summed E-state index contributed by atoms with van der Waals surface area (Å²) in [6.45, 7) is 2.13. The summed E-state index contributed by atoms with van der Waals surface area (Å²) >= 11 is 5.26. The molecule has 2 rings (SSSR count). The lowest BCUT2D eigenvalue weighted by Crippen LogP contribution is -2.04. The Balaban J connectivity index is 2.10. The number of anilines is 1. The summed E-state index contributed by atoms with van der Waals surface area (Å²) in [5.74, 6) is 0. The lowest BCUT2D eigenvalue weighted by Gasteiger charge is -2.12. The third-order valence-corrected chi connectivity index (χ3v) is 3.97. The van der Waals surface area contributed by atoms with Crippen molar-refractivity contribution in [2.24, 2.45) is 0 Å². The molecule has 0 aliphatic rings. The fourth-order valence-corrected chi connectivity index (χ4v) is 2.99. The number of nitrogens with one attached hydrogen (secondary N) is 2. The molecule has 2 aromatic heterocycles. The van der Waals surface area contributed by atoms with E-state index in [2.05, 4.69) is 49.8 Å². The van der Waals surface area contributed by atoms with Gasteiger partial charge in [-0.2, -0.15) is 5.10 Å². The first-order chi connectivity index (χ1) is 6.77. The molecule has 0 aliphatic heterocycles. The van der Waals surface area contributed by atoms with Gasteiger partial charge in [-0.05, 0) is 34.3 Å². The molecule has 0 aliphatic carbocycles. The molecule has 0 spiro atoms. The van der Waals surface area contributed by atoms with Crippen LogP contribution in [0.2, 0.25) is 0 Å². The highest BCUT2D eigenvalue weighted by molar-refractivity contribution is 9.10. The van der Waals surface area contributed by atoms with Gasteiger partial charge in [0.1, 0.15) is 0 Å². The molecule has 1 atom stereocenters. The van der Waals surface area contributed by atoms with Crippen LogP contribution in [0.1, 0.15) is 17.8 Å². The molecule has 0 bridgehead atoms. The topological polar surface area (TPSA) is 40.7 Å². The smallest absolute Gasteiger partial charge is 0.0728 e. The molecule has 2 aromatic rings. The van der Waals surface area contributed by atoms with Crippen molar-refractivity contribution in [3.05, 3.63) is 33.2 Å². The van der Waals surface area contributed by atoms with Crippen LogP contribution in [0, 0.1) is 0 Å². The van der Waals surface area contributed by atoms with Gasteiger partial charge in [0.15, 0.2) is 0 Å². The molecule has 74 valence electrons. The van der Waals surface area contributed by atoms with E-state index in [0.29, 0.717) is 6.04 Å². The Labute approximate surface area is 94.7 Å². The molecular formula is C9H10BrN3S. The summed E-state index contributed by atoms with van der Waals surface area (Å²) in [6, 6.07) is 2.36. The second kappa shape index (κ2) is 4.14. The first kappa shape index (κ1) is 9.73. The number of halogens is 1. The van der Waals surface area contributed by atoms with E-state index < -0.39 is 0 Å². The maximum atomic E-state index is 3.88. The Morgan fingerprint density at radius 2 is 2.50 bits per heavy atom. The predicted molar refractivity (Wildman–Crippen MR) is 62.6 cm³/mol. The Morgan fingerprint density at radius 3 is 3.07 bits per heavy atom. The zero-order valence-corrected chi connectivity index (χ0v) is 10.0. The lowest BCUT2D eigenvalue weighted by atomic mass is 10.2. The van der Waals surface area contributed by atoms with Crippen LogP contribution in [0.3, 0.4) is 0 Å². The second-order valence-electron chi connectivity index (χ2n) is 2.99.